The molecule has 2 aromatic carbocycles. The van der Waals surface area contributed by atoms with Gasteiger partial charge in [-0.1, -0.05) is 12.1 Å². The van der Waals surface area contributed by atoms with Gasteiger partial charge in [0.2, 0.25) is 0 Å². The molecule has 0 bridgehead atoms. The molecule has 3 rings (SSSR count). The monoisotopic (exact) mass is 343 g/mol. The maximum Gasteiger partial charge on any atom is 0.255 e. The largest absolute Gasteiger partial charge is 0.339 e. The summed E-state index contributed by atoms with van der Waals surface area (Å²) in [5.74, 6) is -0.259. The Morgan fingerprint density at radius 1 is 1.12 bits per heavy atom. The second kappa shape index (κ2) is 7.90. The third kappa shape index (κ3) is 3.84. The second-order valence-electron chi connectivity index (χ2n) is 5.54. The molecule has 1 amide bonds. The van der Waals surface area contributed by atoms with Crippen molar-refractivity contribution in [2.45, 2.75) is 6.92 Å². The number of anilines is 3. The fraction of sp³-hybridized carbons (Fsp3) is 0.100. The summed E-state index contributed by atoms with van der Waals surface area (Å²) in [5, 5.41) is 11.8. The number of carbonyl (C=O) groups is 1. The molecule has 0 fully saturated rings. The normalized spacial score (nSPS) is 10.0. The molecule has 6 heteroatoms. The average molecular weight is 343 g/mol. The van der Waals surface area contributed by atoms with Crippen LogP contribution in [-0.2, 0) is 0 Å². The van der Waals surface area contributed by atoms with Gasteiger partial charge in [0.05, 0.1) is 29.7 Å². The molecule has 6 nitrogen and oxygen atoms in total. The lowest BCUT2D eigenvalue weighted by atomic mass is 10.1. The number of hydrogen-bond acceptors (Lipinski definition) is 5. The third-order valence-electron chi connectivity index (χ3n) is 3.84. The van der Waals surface area contributed by atoms with Crippen molar-refractivity contribution in [2.75, 3.05) is 16.8 Å². The van der Waals surface area contributed by atoms with Crippen molar-refractivity contribution < 1.29 is 4.79 Å². The number of nitrogens with one attached hydrogen (secondary N) is 1. The summed E-state index contributed by atoms with van der Waals surface area (Å²) in [6.45, 7) is 2.76. The Bertz CT molecular complexity index is 950. The number of nitriles is 1. The van der Waals surface area contributed by atoms with Crippen LogP contribution in [0.3, 0.4) is 0 Å². The van der Waals surface area contributed by atoms with E-state index >= 15 is 0 Å². The summed E-state index contributed by atoms with van der Waals surface area (Å²) < 4.78 is 0. The molecule has 0 radical (unpaired) electrons. The van der Waals surface area contributed by atoms with Crippen molar-refractivity contribution in [3.05, 3.63) is 78.4 Å². The quantitative estimate of drug-likeness (QED) is 0.763. The molecule has 0 atom stereocenters. The molecule has 1 aromatic heterocycles. The number of amides is 1. The number of hydrogen-bond donors (Lipinski definition) is 1. The Kier molecular flexibility index (Phi) is 5.20. The van der Waals surface area contributed by atoms with E-state index in [9.17, 15) is 4.79 Å². The van der Waals surface area contributed by atoms with Gasteiger partial charge in [-0.3, -0.25) is 4.79 Å². The highest BCUT2D eigenvalue weighted by Crippen LogP contribution is 2.26. The summed E-state index contributed by atoms with van der Waals surface area (Å²) in [7, 11) is 0. The van der Waals surface area contributed by atoms with Crippen LogP contribution >= 0.6 is 0 Å². The van der Waals surface area contributed by atoms with Gasteiger partial charge in [0, 0.05) is 23.5 Å². The van der Waals surface area contributed by atoms with E-state index in [-0.39, 0.29) is 5.91 Å². The van der Waals surface area contributed by atoms with E-state index in [4.69, 9.17) is 5.26 Å². The molecule has 1 heterocycles. The molecule has 3 aromatic rings. The molecule has 128 valence electrons. The fourth-order valence-electron chi connectivity index (χ4n) is 2.63. The molecule has 1 N–H and O–H groups in total. The van der Waals surface area contributed by atoms with Crippen LogP contribution in [0.2, 0.25) is 0 Å². The zero-order valence-electron chi connectivity index (χ0n) is 14.3. The third-order valence-corrected chi connectivity index (χ3v) is 3.84. The van der Waals surface area contributed by atoms with E-state index in [0.717, 1.165) is 17.9 Å². The first-order valence-corrected chi connectivity index (χ1v) is 8.15. The van der Waals surface area contributed by atoms with Gasteiger partial charge in [0.1, 0.15) is 6.33 Å². The molecule has 0 aliphatic heterocycles. The van der Waals surface area contributed by atoms with E-state index in [1.165, 1.54) is 6.33 Å². The van der Waals surface area contributed by atoms with E-state index in [1.54, 1.807) is 36.7 Å². The fourth-order valence-corrected chi connectivity index (χ4v) is 2.63. The zero-order valence-corrected chi connectivity index (χ0v) is 14.3. The van der Waals surface area contributed by atoms with Crippen LogP contribution in [0.1, 0.15) is 22.8 Å². The van der Waals surface area contributed by atoms with Crippen molar-refractivity contribution in [3.63, 3.8) is 0 Å². The number of rotatable bonds is 5. The first-order valence-electron chi connectivity index (χ1n) is 8.15. The number of carbonyl (C=O) groups excluding carboxylic acids is 1. The van der Waals surface area contributed by atoms with Gasteiger partial charge in [-0.25, -0.2) is 9.97 Å². The number of aromatic nitrogens is 2. The van der Waals surface area contributed by atoms with E-state index in [2.05, 4.69) is 15.3 Å². The molecular formula is C20H17N5O. The Hall–Kier alpha value is -3.72. The summed E-state index contributed by atoms with van der Waals surface area (Å²) in [4.78, 5) is 22.6. The van der Waals surface area contributed by atoms with Crippen molar-refractivity contribution in [1.82, 2.24) is 9.97 Å². The smallest absolute Gasteiger partial charge is 0.255 e. The average Bonchev–Trinajstić information content (AvgIpc) is 2.70. The van der Waals surface area contributed by atoms with Crippen LogP contribution in [0.5, 0.6) is 0 Å². The minimum atomic E-state index is -0.259. The van der Waals surface area contributed by atoms with Crippen molar-refractivity contribution >= 4 is 23.0 Å². The maximum atomic E-state index is 12.4. The van der Waals surface area contributed by atoms with Crippen molar-refractivity contribution in [2.24, 2.45) is 0 Å². The lowest BCUT2D eigenvalue weighted by molar-refractivity contribution is 0.102. The van der Waals surface area contributed by atoms with Crippen LogP contribution in [-0.4, -0.2) is 22.4 Å². The predicted molar refractivity (Wildman–Crippen MR) is 100 cm³/mol. The van der Waals surface area contributed by atoms with Crippen molar-refractivity contribution in [3.8, 4) is 6.07 Å². The van der Waals surface area contributed by atoms with Crippen LogP contribution in [0, 0.1) is 11.3 Å². The SMILES string of the molecule is CCN(c1cncnc1)c1cccc(NC(=O)c2cccc(C#N)c2)c1. The minimum absolute atomic E-state index is 0.259. The second-order valence-corrected chi connectivity index (χ2v) is 5.54. The summed E-state index contributed by atoms with van der Waals surface area (Å²) >= 11 is 0. The number of benzene rings is 2. The van der Waals surface area contributed by atoms with E-state index < -0.39 is 0 Å². The van der Waals surface area contributed by atoms with Gasteiger partial charge in [0.25, 0.3) is 5.91 Å². The molecule has 26 heavy (non-hydrogen) atoms. The lowest BCUT2D eigenvalue weighted by Crippen LogP contribution is -2.17. The van der Waals surface area contributed by atoms with Crippen LogP contribution < -0.4 is 10.2 Å². The Labute approximate surface area is 151 Å². The topological polar surface area (TPSA) is 81.9 Å². The number of nitrogens with zero attached hydrogens (tertiary/aromatic N) is 4. The van der Waals surface area contributed by atoms with Crippen LogP contribution in [0.25, 0.3) is 0 Å². The highest BCUT2D eigenvalue weighted by Gasteiger charge is 2.11. The minimum Gasteiger partial charge on any atom is -0.339 e. The first kappa shape index (κ1) is 17.1. The van der Waals surface area contributed by atoms with Gasteiger partial charge in [0.15, 0.2) is 0 Å². The Morgan fingerprint density at radius 3 is 2.62 bits per heavy atom. The van der Waals surface area contributed by atoms with Gasteiger partial charge < -0.3 is 10.2 Å². The van der Waals surface area contributed by atoms with Crippen LogP contribution in [0.4, 0.5) is 17.1 Å². The molecular weight excluding hydrogens is 326 g/mol. The van der Waals surface area contributed by atoms with Gasteiger partial charge in [-0.2, -0.15) is 5.26 Å². The highest BCUT2D eigenvalue weighted by atomic mass is 16.1. The zero-order chi connectivity index (χ0) is 18.4. The van der Waals surface area contributed by atoms with Crippen LogP contribution in [0.15, 0.2) is 67.3 Å². The van der Waals surface area contributed by atoms with Gasteiger partial charge >= 0.3 is 0 Å². The summed E-state index contributed by atoms with van der Waals surface area (Å²) in [6.07, 6.45) is 4.98. The molecule has 0 spiro atoms. The Morgan fingerprint density at radius 2 is 1.88 bits per heavy atom. The molecule has 0 saturated heterocycles. The molecule has 0 unspecified atom stereocenters. The standard InChI is InChI=1S/C20H17N5O/c1-2-25(19-12-22-14-23-13-19)18-8-4-7-17(10-18)24-20(26)16-6-3-5-15(9-16)11-21/h3-10,12-14H,2H2,1H3,(H,24,26). The lowest BCUT2D eigenvalue weighted by Gasteiger charge is -2.23. The first-order chi connectivity index (χ1) is 12.7. The van der Waals surface area contributed by atoms with E-state index in [1.807, 2.05) is 42.2 Å². The molecule has 0 aliphatic carbocycles. The Balaban J connectivity index is 1.83. The summed E-state index contributed by atoms with van der Waals surface area (Å²) in [6, 6.07) is 16.2. The molecule has 0 aliphatic rings. The van der Waals surface area contributed by atoms with E-state index in [0.29, 0.717) is 16.8 Å². The molecule has 0 saturated carbocycles. The maximum absolute atomic E-state index is 12.4. The van der Waals surface area contributed by atoms with Gasteiger partial charge in [-0.05, 0) is 43.3 Å². The highest BCUT2D eigenvalue weighted by molar-refractivity contribution is 6.04. The summed E-state index contributed by atoms with van der Waals surface area (Å²) in [5.41, 5.74) is 3.36. The van der Waals surface area contributed by atoms with Crippen molar-refractivity contribution in [1.29, 1.82) is 5.26 Å². The van der Waals surface area contributed by atoms with Gasteiger partial charge in [-0.15, -0.1) is 0 Å². The predicted octanol–water partition coefficient (Wildman–Crippen LogP) is 3.76.